The maximum Gasteiger partial charge on any atom is 0.217 e. The quantitative estimate of drug-likeness (QED) is 0.599. The summed E-state index contributed by atoms with van der Waals surface area (Å²) in [5.41, 5.74) is 0. The van der Waals surface area contributed by atoms with Crippen LogP contribution in [0.3, 0.4) is 0 Å². The van der Waals surface area contributed by atoms with Crippen LogP contribution in [-0.4, -0.2) is 58.9 Å². The smallest absolute Gasteiger partial charge is 0.217 e. The van der Waals surface area contributed by atoms with E-state index < -0.39 is 12.2 Å². The first-order valence-electron chi connectivity index (χ1n) is 5.90. The highest BCUT2D eigenvalue weighted by Gasteiger charge is 2.34. The Morgan fingerprint density at radius 2 is 2.12 bits per heavy atom. The molecule has 1 fully saturated rings. The van der Waals surface area contributed by atoms with Crippen LogP contribution in [0.5, 0.6) is 0 Å². The van der Waals surface area contributed by atoms with E-state index in [-0.39, 0.29) is 11.9 Å². The first-order chi connectivity index (χ1) is 7.54. The molecule has 1 rings (SSSR count). The summed E-state index contributed by atoms with van der Waals surface area (Å²) < 4.78 is 0. The van der Waals surface area contributed by atoms with E-state index in [4.69, 9.17) is 0 Å². The van der Waals surface area contributed by atoms with Crippen LogP contribution >= 0.6 is 0 Å². The van der Waals surface area contributed by atoms with Gasteiger partial charge in [-0.2, -0.15) is 0 Å². The normalized spacial score (nSPS) is 31.4. The third-order valence-electron chi connectivity index (χ3n) is 2.92. The van der Waals surface area contributed by atoms with Gasteiger partial charge in [-0.25, -0.2) is 0 Å². The summed E-state index contributed by atoms with van der Waals surface area (Å²) in [5.74, 6) is -0.173. The van der Waals surface area contributed by atoms with Crippen molar-refractivity contribution in [2.45, 2.75) is 44.9 Å². The lowest BCUT2D eigenvalue weighted by molar-refractivity contribution is -0.123. The molecule has 3 atom stereocenters. The van der Waals surface area contributed by atoms with Crippen molar-refractivity contribution in [2.75, 3.05) is 19.6 Å². The Kier molecular flexibility index (Phi) is 5.18. The number of likely N-dealkylation sites (tertiary alicyclic amines) is 1. The Hall–Kier alpha value is -0.650. The Morgan fingerprint density at radius 3 is 2.69 bits per heavy atom. The molecule has 94 valence electrons. The molecular weight excluding hydrogens is 208 g/mol. The van der Waals surface area contributed by atoms with Crippen molar-refractivity contribution in [2.24, 2.45) is 0 Å². The Bertz CT molecular complexity index is 235. The Balaban J connectivity index is 2.51. The summed E-state index contributed by atoms with van der Waals surface area (Å²) in [5, 5.41) is 22.1. The van der Waals surface area contributed by atoms with Crippen LogP contribution < -0.4 is 5.32 Å². The van der Waals surface area contributed by atoms with Crippen molar-refractivity contribution in [1.82, 2.24) is 10.2 Å². The van der Waals surface area contributed by atoms with Gasteiger partial charge in [0.15, 0.2) is 0 Å². The van der Waals surface area contributed by atoms with E-state index in [1.165, 1.54) is 6.92 Å². The maximum atomic E-state index is 11.0. The minimum atomic E-state index is -0.859. The molecule has 0 aromatic carbocycles. The average molecular weight is 230 g/mol. The second-order valence-corrected chi connectivity index (χ2v) is 4.48. The van der Waals surface area contributed by atoms with E-state index in [0.717, 1.165) is 19.4 Å². The van der Waals surface area contributed by atoms with Crippen molar-refractivity contribution in [3.05, 3.63) is 0 Å². The van der Waals surface area contributed by atoms with Gasteiger partial charge in [0.2, 0.25) is 5.91 Å². The Morgan fingerprint density at radius 1 is 1.44 bits per heavy atom. The van der Waals surface area contributed by atoms with E-state index in [9.17, 15) is 15.0 Å². The number of carbonyl (C=O) groups is 1. The number of aliphatic hydroxyl groups excluding tert-OH is 2. The van der Waals surface area contributed by atoms with Crippen LogP contribution in [0.4, 0.5) is 0 Å². The van der Waals surface area contributed by atoms with E-state index in [2.05, 4.69) is 17.1 Å². The van der Waals surface area contributed by atoms with Gasteiger partial charge in [0, 0.05) is 20.0 Å². The van der Waals surface area contributed by atoms with Gasteiger partial charge in [-0.3, -0.25) is 9.69 Å². The minimum absolute atomic E-state index is 0.173. The lowest BCUT2D eigenvalue weighted by atomic mass is 9.99. The molecule has 5 heteroatoms. The van der Waals surface area contributed by atoms with Crippen LogP contribution in [0.25, 0.3) is 0 Å². The molecule has 1 saturated heterocycles. The molecule has 16 heavy (non-hydrogen) atoms. The first-order valence-corrected chi connectivity index (χ1v) is 5.90. The van der Waals surface area contributed by atoms with E-state index in [1.54, 1.807) is 0 Å². The summed E-state index contributed by atoms with van der Waals surface area (Å²) in [7, 11) is 0. The minimum Gasteiger partial charge on any atom is -0.389 e. The summed E-state index contributed by atoms with van der Waals surface area (Å²) in [6, 6.07) is -0.363. The van der Waals surface area contributed by atoms with E-state index in [1.807, 2.05) is 0 Å². The zero-order valence-corrected chi connectivity index (χ0v) is 10.0. The summed E-state index contributed by atoms with van der Waals surface area (Å²) in [6.45, 7) is 5.52. The van der Waals surface area contributed by atoms with Crippen LogP contribution in [0.15, 0.2) is 0 Å². The molecule has 3 N–H and O–H groups in total. The number of nitrogens with zero attached hydrogens (tertiary/aromatic N) is 1. The molecule has 1 amide bonds. The largest absolute Gasteiger partial charge is 0.389 e. The number of aliphatic hydroxyl groups is 2. The van der Waals surface area contributed by atoms with Crippen molar-refractivity contribution >= 4 is 5.91 Å². The fourth-order valence-corrected chi connectivity index (χ4v) is 2.06. The number of β-amino-alcohol motifs (C(OH)–C–C–N with tert-alkyl or cyclic N) is 1. The van der Waals surface area contributed by atoms with Gasteiger partial charge in [-0.05, 0) is 13.0 Å². The molecule has 0 spiro atoms. The zero-order chi connectivity index (χ0) is 12.1. The number of piperidine rings is 1. The number of rotatable bonds is 4. The molecule has 0 aromatic heterocycles. The third-order valence-corrected chi connectivity index (χ3v) is 2.92. The van der Waals surface area contributed by atoms with Gasteiger partial charge in [-0.15, -0.1) is 0 Å². The highest BCUT2D eigenvalue weighted by molar-refractivity contribution is 5.73. The van der Waals surface area contributed by atoms with Gasteiger partial charge in [0.25, 0.3) is 0 Å². The molecule has 1 heterocycles. The number of amides is 1. The average Bonchev–Trinajstić information content (AvgIpc) is 2.21. The standard InChI is InChI=1S/C11H22N2O3/c1-3-4-5-13-6-9(12-8(2)14)11(16)10(15)7-13/h9-11,15-16H,3-7H2,1-2H3,(H,12,14)/t9-,10+,11-/m0/s1. The molecule has 0 radical (unpaired) electrons. The lowest BCUT2D eigenvalue weighted by Crippen LogP contribution is -2.61. The molecule has 0 aromatic rings. The fraction of sp³-hybridized carbons (Fsp3) is 0.909. The molecular formula is C11H22N2O3. The highest BCUT2D eigenvalue weighted by atomic mass is 16.3. The summed E-state index contributed by atoms with van der Waals surface area (Å²) >= 11 is 0. The number of hydrogen-bond donors (Lipinski definition) is 3. The van der Waals surface area contributed by atoms with Crippen molar-refractivity contribution in [1.29, 1.82) is 0 Å². The number of carbonyl (C=O) groups excluding carboxylic acids is 1. The van der Waals surface area contributed by atoms with Crippen LogP contribution in [-0.2, 0) is 4.79 Å². The van der Waals surface area contributed by atoms with E-state index >= 15 is 0 Å². The molecule has 1 aliphatic heterocycles. The maximum absolute atomic E-state index is 11.0. The van der Waals surface area contributed by atoms with Gasteiger partial charge < -0.3 is 15.5 Å². The van der Waals surface area contributed by atoms with Crippen molar-refractivity contribution < 1.29 is 15.0 Å². The molecule has 1 aliphatic rings. The molecule has 0 bridgehead atoms. The van der Waals surface area contributed by atoms with Crippen molar-refractivity contribution in [3.8, 4) is 0 Å². The summed E-state index contributed by atoms with van der Waals surface area (Å²) in [4.78, 5) is 13.0. The topological polar surface area (TPSA) is 72.8 Å². The fourth-order valence-electron chi connectivity index (χ4n) is 2.06. The number of nitrogens with one attached hydrogen (secondary N) is 1. The second kappa shape index (κ2) is 6.18. The van der Waals surface area contributed by atoms with Gasteiger partial charge in [-0.1, -0.05) is 13.3 Å². The Labute approximate surface area is 96.4 Å². The predicted octanol–water partition coefficient (Wildman–Crippen LogP) is -0.671. The zero-order valence-electron chi connectivity index (χ0n) is 10.0. The van der Waals surface area contributed by atoms with Gasteiger partial charge in [0.1, 0.15) is 6.10 Å². The third kappa shape index (κ3) is 3.73. The van der Waals surface area contributed by atoms with Crippen LogP contribution in [0.2, 0.25) is 0 Å². The van der Waals surface area contributed by atoms with Crippen molar-refractivity contribution in [3.63, 3.8) is 0 Å². The predicted molar refractivity (Wildman–Crippen MR) is 61.0 cm³/mol. The number of hydrogen-bond acceptors (Lipinski definition) is 4. The van der Waals surface area contributed by atoms with Crippen LogP contribution in [0.1, 0.15) is 26.7 Å². The molecule has 0 saturated carbocycles. The second-order valence-electron chi connectivity index (χ2n) is 4.48. The summed E-state index contributed by atoms with van der Waals surface area (Å²) in [6.07, 6.45) is 0.527. The first kappa shape index (κ1) is 13.4. The molecule has 0 unspecified atom stereocenters. The lowest BCUT2D eigenvalue weighted by Gasteiger charge is -2.39. The molecule has 0 aliphatic carbocycles. The van der Waals surface area contributed by atoms with Crippen LogP contribution in [0, 0.1) is 0 Å². The molecule has 5 nitrogen and oxygen atoms in total. The highest BCUT2D eigenvalue weighted by Crippen LogP contribution is 2.12. The van der Waals surface area contributed by atoms with Gasteiger partial charge in [0.05, 0.1) is 12.1 Å². The monoisotopic (exact) mass is 230 g/mol. The van der Waals surface area contributed by atoms with E-state index in [0.29, 0.717) is 13.1 Å². The SMILES string of the molecule is CCCCN1C[C@@H](O)[C@@H](O)[C@@H](NC(C)=O)C1. The van der Waals surface area contributed by atoms with Gasteiger partial charge >= 0.3 is 0 Å². The number of unbranched alkanes of at least 4 members (excludes halogenated alkanes) is 1.